The molecule has 96 valence electrons. The average molecular weight is 265 g/mol. The maximum atomic E-state index is 12.0. The number of halogens is 3. The molecule has 0 heterocycles. The Labute approximate surface area is 102 Å². The van der Waals surface area contributed by atoms with Crippen LogP contribution in [0, 0.1) is 0 Å². The molecule has 0 saturated heterocycles. The van der Waals surface area contributed by atoms with Gasteiger partial charge in [0.15, 0.2) is 6.10 Å². The molecule has 1 aromatic carbocycles. The Bertz CT molecular complexity index is 340. The summed E-state index contributed by atoms with van der Waals surface area (Å²) in [6.07, 6.45) is -4.92. The van der Waals surface area contributed by atoms with Gasteiger partial charge in [0.05, 0.1) is 0 Å². The van der Waals surface area contributed by atoms with Crippen molar-refractivity contribution in [1.82, 2.24) is 5.32 Å². The van der Waals surface area contributed by atoms with E-state index in [9.17, 15) is 13.2 Å². The standard InChI is InChI=1S/C11H14F3NOS/c1-17-9-4-2-8(3-5-9)6-15-7-10(16)11(12,13)14/h2-5,10,15-16H,6-7H2,1H3. The number of rotatable bonds is 5. The quantitative estimate of drug-likeness (QED) is 0.802. The largest absolute Gasteiger partial charge is 0.415 e. The summed E-state index contributed by atoms with van der Waals surface area (Å²) in [4.78, 5) is 1.10. The highest BCUT2D eigenvalue weighted by atomic mass is 32.2. The van der Waals surface area contributed by atoms with Crippen LogP contribution in [0.15, 0.2) is 29.2 Å². The van der Waals surface area contributed by atoms with Gasteiger partial charge in [-0.25, -0.2) is 0 Å². The molecule has 6 heteroatoms. The Morgan fingerprint density at radius 1 is 1.29 bits per heavy atom. The summed E-state index contributed by atoms with van der Waals surface area (Å²) in [6.45, 7) is -0.185. The van der Waals surface area contributed by atoms with Crippen LogP contribution in [0.2, 0.25) is 0 Å². The smallest absolute Gasteiger partial charge is 0.382 e. The number of hydrogen-bond donors (Lipinski definition) is 2. The van der Waals surface area contributed by atoms with Gasteiger partial charge >= 0.3 is 6.18 Å². The van der Waals surface area contributed by atoms with E-state index in [1.807, 2.05) is 30.5 Å². The third-order valence-electron chi connectivity index (χ3n) is 2.20. The summed E-state index contributed by atoms with van der Waals surface area (Å²) < 4.78 is 35.9. The van der Waals surface area contributed by atoms with Crippen LogP contribution in [0.1, 0.15) is 5.56 Å². The molecule has 1 atom stereocenters. The van der Waals surface area contributed by atoms with Crippen LogP contribution >= 0.6 is 11.8 Å². The number of aliphatic hydroxyl groups excluding tert-OH is 1. The van der Waals surface area contributed by atoms with Gasteiger partial charge in [0.25, 0.3) is 0 Å². The average Bonchev–Trinajstić information content (AvgIpc) is 2.28. The van der Waals surface area contributed by atoms with Crippen molar-refractivity contribution in [3.8, 4) is 0 Å². The zero-order valence-electron chi connectivity index (χ0n) is 9.29. The third kappa shape index (κ3) is 4.97. The van der Waals surface area contributed by atoms with Gasteiger partial charge in [0.1, 0.15) is 0 Å². The molecule has 0 fully saturated rings. The number of hydrogen-bond acceptors (Lipinski definition) is 3. The molecule has 0 radical (unpaired) electrons. The van der Waals surface area contributed by atoms with Gasteiger partial charge in [-0.15, -0.1) is 11.8 Å². The Morgan fingerprint density at radius 2 is 1.88 bits per heavy atom. The van der Waals surface area contributed by atoms with E-state index in [1.165, 1.54) is 0 Å². The van der Waals surface area contributed by atoms with Crippen LogP contribution in [-0.2, 0) is 6.54 Å². The van der Waals surface area contributed by atoms with Crippen molar-refractivity contribution in [1.29, 1.82) is 0 Å². The van der Waals surface area contributed by atoms with Crippen LogP contribution < -0.4 is 5.32 Å². The van der Waals surface area contributed by atoms with E-state index in [-0.39, 0.29) is 0 Å². The van der Waals surface area contributed by atoms with Gasteiger partial charge in [0.2, 0.25) is 0 Å². The molecular formula is C11H14F3NOS. The molecule has 0 bridgehead atoms. The molecule has 17 heavy (non-hydrogen) atoms. The first-order valence-electron chi connectivity index (χ1n) is 5.02. The summed E-state index contributed by atoms with van der Waals surface area (Å²) >= 11 is 1.60. The van der Waals surface area contributed by atoms with Crippen molar-refractivity contribution in [2.75, 3.05) is 12.8 Å². The fourth-order valence-corrected chi connectivity index (χ4v) is 1.62. The van der Waals surface area contributed by atoms with Gasteiger partial charge in [-0.1, -0.05) is 12.1 Å². The van der Waals surface area contributed by atoms with Crippen LogP contribution in [0.5, 0.6) is 0 Å². The maximum absolute atomic E-state index is 12.0. The molecule has 1 aromatic rings. The molecule has 0 amide bonds. The summed E-state index contributed by atoms with van der Waals surface area (Å²) in [5.74, 6) is 0. The lowest BCUT2D eigenvalue weighted by atomic mass is 10.2. The minimum atomic E-state index is -4.56. The molecule has 2 nitrogen and oxygen atoms in total. The van der Waals surface area contributed by atoms with Crippen molar-refractivity contribution in [3.05, 3.63) is 29.8 Å². The van der Waals surface area contributed by atoms with Crippen molar-refractivity contribution in [2.24, 2.45) is 0 Å². The highest BCUT2D eigenvalue weighted by Crippen LogP contribution is 2.19. The van der Waals surface area contributed by atoms with E-state index in [2.05, 4.69) is 5.32 Å². The van der Waals surface area contributed by atoms with E-state index < -0.39 is 18.8 Å². The first-order chi connectivity index (χ1) is 7.93. The first kappa shape index (κ1) is 14.3. The van der Waals surface area contributed by atoms with Crippen LogP contribution in [-0.4, -0.2) is 30.2 Å². The van der Waals surface area contributed by atoms with E-state index in [0.29, 0.717) is 6.54 Å². The van der Waals surface area contributed by atoms with Gasteiger partial charge in [-0.05, 0) is 24.0 Å². The van der Waals surface area contributed by atoms with E-state index in [0.717, 1.165) is 10.5 Å². The molecule has 1 rings (SSSR count). The molecule has 0 aliphatic heterocycles. The number of benzene rings is 1. The topological polar surface area (TPSA) is 32.3 Å². The molecule has 0 aliphatic carbocycles. The third-order valence-corrected chi connectivity index (χ3v) is 2.95. The minimum Gasteiger partial charge on any atom is -0.382 e. The first-order valence-corrected chi connectivity index (χ1v) is 6.24. The number of alkyl halides is 3. The fourth-order valence-electron chi connectivity index (χ4n) is 1.21. The van der Waals surface area contributed by atoms with Crippen molar-refractivity contribution >= 4 is 11.8 Å². The molecule has 0 spiro atoms. The van der Waals surface area contributed by atoms with Gasteiger partial charge in [0, 0.05) is 18.0 Å². The second-order valence-corrected chi connectivity index (χ2v) is 4.42. The highest BCUT2D eigenvalue weighted by molar-refractivity contribution is 7.98. The zero-order chi connectivity index (χ0) is 12.9. The normalized spacial score (nSPS) is 13.7. The molecule has 1 unspecified atom stereocenters. The Hall–Kier alpha value is -0.720. The highest BCUT2D eigenvalue weighted by Gasteiger charge is 2.37. The number of nitrogens with one attached hydrogen (secondary N) is 1. The monoisotopic (exact) mass is 265 g/mol. The summed E-state index contributed by atoms with van der Waals surface area (Å²) in [7, 11) is 0. The number of aliphatic hydroxyl groups is 1. The molecule has 2 N–H and O–H groups in total. The van der Waals surface area contributed by atoms with E-state index in [1.54, 1.807) is 11.8 Å². The van der Waals surface area contributed by atoms with E-state index in [4.69, 9.17) is 5.11 Å². The lowest BCUT2D eigenvalue weighted by molar-refractivity contribution is -0.201. The lowest BCUT2D eigenvalue weighted by Gasteiger charge is -2.15. The number of thioether (sulfide) groups is 1. The van der Waals surface area contributed by atoms with Gasteiger partial charge < -0.3 is 10.4 Å². The summed E-state index contributed by atoms with van der Waals surface area (Å²) in [5.41, 5.74) is 0.886. The zero-order valence-corrected chi connectivity index (χ0v) is 10.1. The molecule has 0 aliphatic rings. The Kier molecular flexibility index (Phi) is 5.30. The predicted molar refractivity (Wildman–Crippen MR) is 62.0 cm³/mol. The molecule has 0 aromatic heterocycles. The van der Waals surface area contributed by atoms with Crippen molar-refractivity contribution < 1.29 is 18.3 Å². The van der Waals surface area contributed by atoms with E-state index >= 15 is 0 Å². The predicted octanol–water partition coefficient (Wildman–Crippen LogP) is 2.42. The molecular weight excluding hydrogens is 251 g/mol. The SMILES string of the molecule is CSc1ccc(CNCC(O)C(F)(F)F)cc1. The lowest BCUT2D eigenvalue weighted by Crippen LogP contribution is -2.38. The summed E-state index contributed by atoms with van der Waals surface area (Å²) in [5, 5.41) is 11.3. The second-order valence-electron chi connectivity index (χ2n) is 3.54. The van der Waals surface area contributed by atoms with Crippen LogP contribution in [0.25, 0.3) is 0 Å². The van der Waals surface area contributed by atoms with Gasteiger partial charge in [-0.3, -0.25) is 0 Å². The maximum Gasteiger partial charge on any atom is 0.415 e. The Balaban J connectivity index is 2.35. The van der Waals surface area contributed by atoms with Crippen molar-refractivity contribution in [2.45, 2.75) is 23.7 Å². The minimum absolute atomic E-state index is 0.307. The van der Waals surface area contributed by atoms with Gasteiger partial charge in [-0.2, -0.15) is 13.2 Å². The van der Waals surface area contributed by atoms with Crippen LogP contribution in [0.4, 0.5) is 13.2 Å². The van der Waals surface area contributed by atoms with Crippen LogP contribution in [0.3, 0.4) is 0 Å². The van der Waals surface area contributed by atoms with Crippen molar-refractivity contribution in [3.63, 3.8) is 0 Å². The fraction of sp³-hybridized carbons (Fsp3) is 0.455. The Morgan fingerprint density at radius 3 is 2.35 bits per heavy atom. The molecule has 0 saturated carbocycles. The second kappa shape index (κ2) is 6.28. The summed E-state index contributed by atoms with van der Waals surface area (Å²) in [6, 6.07) is 7.50.